The van der Waals surface area contributed by atoms with E-state index in [-0.39, 0.29) is 5.96 Å². The van der Waals surface area contributed by atoms with Crippen LogP contribution in [-0.4, -0.2) is 37.0 Å². The molecule has 0 fully saturated rings. The summed E-state index contributed by atoms with van der Waals surface area (Å²) in [6.45, 7) is 8.29. The zero-order valence-electron chi connectivity index (χ0n) is 12.0. The molecule has 0 spiro atoms. The van der Waals surface area contributed by atoms with Crippen molar-refractivity contribution in [1.29, 1.82) is 0 Å². The summed E-state index contributed by atoms with van der Waals surface area (Å²) >= 11 is 0. The van der Waals surface area contributed by atoms with Crippen LogP contribution in [0.25, 0.3) is 0 Å². The van der Waals surface area contributed by atoms with Gasteiger partial charge >= 0.3 is 0 Å². The predicted octanol–water partition coefficient (Wildman–Crippen LogP) is 1.78. The number of benzene rings is 1. The summed E-state index contributed by atoms with van der Waals surface area (Å²) in [6, 6.07) is 10.5. The summed E-state index contributed by atoms with van der Waals surface area (Å²) in [5.74, 6) is 0.549. The molecule has 4 heteroatoms. The number of aliphatic imine (C=N–C) groups is 1. The van der Waals surface area contributed by atoms with Crippen LogP contribution in [0.2, 0.25) is 0 Å². The molecule has 1 aromatic carbocycles. The van der Waals surface area contributed by atoms with Gasteiger partial charge in [-0.15, -0.1) is 0 Å². The zero-order valence-corrected chi connectivity index (χ0v) is 12.0. The first-order valence-electron chi connectivity index (χ1n) is 7.00. The van der Waals surface area contributed by atoms with E-state index in [1.165, 1.54) is 5.56 Å². The highest BCUT2D eigenvalue weighted by atomic mass is 15.1. The first-order chi connectivity index (χ1) is 9.17. The van der Waals surface area contributed by atoms with Crippen LogP contribution in [0.3, 0.4) is 0 Å². The van der Waals surface area contributed by atoms with Gasteiger partial charge in [0.15, 0.2) is 5.96 Å². The Morgan fingerprint density at radius 3 is 2.32 bits per heavy atom. The molecule has 1 aromatic rings. The molecule has 0 saturated heterocycles. The summed E-state index contributed by atoms with van der Waals surface area (Å²) in [5.41, 5.74) is 12.2. The summed E-state index contributed by atoms with van der Waals surface area (Å²) in [4.78, 5) is 6.61. The maximum absolute atomic E-state index is 5.44. The average molecular weight is 262 g/mol. The molecule has 0 aliphatic rings. The van der Waals surface area contributed by atoms with Gasteiger partial charge < -0.3 is 16.4 Å². The van der Waals surface area contributed by atoms with Crippen molar-refractivity contribution in [3.05, 3.63) is 35.9 Å². The van der Waals surface area contributed by atoms with Gasteiger partial charge in [-0.1, -0.05) is 44.2 Å². The minimum atomic E-state index is 0.170. The van der Waals surface area contributed by atoms with E-state index in [1.54, 1.807) is 0 Å². The molecule has 0 amide bonds. The molecular formula is C15H26N4. The molecule has 1 unspecified atom stereocenters. The Morgan fingerprint density at radius 1 is 1.16 bits per heavy atom. The first kappa shape index (κ1) is 15.5. The van der Waals surface area contributed by atoms with Crippen LogP contribution in [0.1, 0.15) is 31.7 Å². The fourth-order valence-electron chi connectivity index (χ4n) is 2.18. The topological polar surface area (TPSA) is 67.6 Å². The Kier molecular flexibility index (Phi) is 6.97. The van der Waals surface area contributed by atoms with Gasteiger partial charge in [0.05, 0.1) is 0 Å². The molecule has 0 aliphatic heterocycles. The smallest absolute Gasteiger partial charge is 0.185 e. The van der Waals surface area contributed by atoms with Crippen molar-refractivity contribution < 1.29 is 0 Å². The van der Waals surface area contributed by atoms with Crippen molar-refractivity contribution in [3.8, 4) is 0 Å². The monoisotopic (exact) mass is 262 g/mol. The highest BCUT2D eigenvalue weighted by Crippen LogP contribution is 2.20. The molecule has 1 rings (SSSR count). The van der Waals surface area contributed by atoms with E-state index >= 15 is 0 Å². The van der Waals surface area contributed by atoms with Crippen LogP contribution < -0.4 is 11.5 Å². The SMILES string of the molecule is CCN(CC)CCC(CN=C(N)N)c1ccccc1. The summed E-state index contributed by atoms with van der Waals surface area (Å²) in [7, 11) is 0. The molecule has 19 heavy (non-hydrogen) atoms. The van der Waals surface area contributed by atoms with Crippen LogP contribution >= 0.6 is 0 Å². The number of hydrogen-bond donors (Lipinski definition) is 2. The summed E-state index contributed by atoms with van der Waals surface area (Å²) < 4.78 is 0. The molecule has 1 atom stereocenters. The fourth-order valence-corrected chi connectivity index (χ4v) is 2.18. The third kappa shape index (κ3) is 5.75. The van der Waals surface area contributed by atoms with Crippen LogP contribution in [0, 0.1) is 0 Å². The maximum Gasteiger partial charge on any atom is 0.185 e. The summed E-state index contributed by atoms with van der Waals surface area (Å²) in [6.07, 6.45) is 1.07. The molecule has 0 aromatic heterocycles. The van der Waals surface area contributed by atoms with Gasteiger partial charge in [-0.05, 0) is 31.6 Å². The van der Waals surface area contributed by atoms with E-state index in [1.807, 2.05) is 6.07 Å². The number of hydrogen-bond acceptors (Lipinski definition) is 2. The van der Waals surface area contributed by atoms with Crippen LogP contribution in [-0.2, 0) is 0 Å². The standard InChI is InChI=1S/C15H26N4/c1-3-19(4-2)11-10-14(12-18-15(16)17)13-8-6-5-7-9-13/h5-9,14H,3-4,10-12H2,1-2H3,(H4,16,17,18). The molecule has 0 saturated carbocycles. The summed E-state index contributed by atoms with van der Waals surface area (Å²) in [5, 5.41) is 0. The number of nitrogens with zero attached hydrogens (tertiary/aromatic N) is 2. The zero-order chi connectivity index (χ0) is 14.1. The van der Waals surface area contributed by atoms with Crippen LogP contribution in [0.5, 0.6) is 0 Å². The number of rotatable bonds is 8. The lowest BCUT2D eigenvalue weighted by Crippen LogP contribution is -2.27. The van der Waals surface area contributed by atoms with Gasteiger partial charge in [0.25, 0.3) is 0 Å². The lowest BCUT2D eigenvalue weighted by molar-refractivity contribution is 0.291. The Hall–Kier alpha value is -1.55. The second-order valence-corrected chi connectivity index (χ2v) is 4.69. The van der Waals surface area contributed by atoms with Crippen molar-refractivity contribution in [2.24, 2.45) is 16.5 Å². The minimum Gasteiger partial charge on any atom is -0.370 e. The van der Waals surface area contributed by atoms with Crippen molar-refractivity contribution in [3.63, 3.8) is 0 Å². The highest BCUT2D eigenvalue weighted by Gasteiger charge is 2.12. The minimum absolute atomic E-state index is 0.170. The van der Waals surface area contributed by atoms with Crippen molar-refractivity contribution >= 4 is 5.96 Å². The fraction of sp³-hybridized carbons (Fsp3) is 0.533. The molecule has 0 radical (unpaired) electrons. The van der Waals surface area contributed by atoms with Crippen molar-refractivity contribution in [2.45, 2.75) is 26.2 Å². The molecule has 106 valence electrons. The molecule has 0 aliphatic carbocycles. The molecule has 4 N–H and O–H groups in total. The van der Waals surface area contributed by atoms with Gasteiger partial charge in [-0.2, -0.15) is 0 Å². The van der Waals surface area contributed by atoms with E-state index < -0.39 is 0 Å². The quantitative estimate of drug-likeness (QED) is 0.554. The second kappa shape index (κ2) is 8.53. The Labute approximate surface area is 116 Å². The van der Waals surface area contributed by atoms with E-state index in [0.29, 0.717) is 12.5 Å². The highest BCUT2D eigenvalue weighted by molar-refractivity contribution is 5.75. The lowest BCUT2D eigenvalue weighted by atomic mass is 9.95. The molecule has 4 nitrogen and oxygen atoms in total. The van der Waals surface area contributed by atoms with Gasteiger partial charge in [-0.25, -0.2) is 0 Å². The molecule has 0 heterocycles. The van der Waals surface area contributed by atoms with Gasteiger partial charge in [0.2, 0.25) is 0 Å². The normalized spacial score (nSPS) is 12.4. The van der Waals surface area contributed by atoms with Crippen LogP contribution in [0.15, 0.2) is 35.3 Å². The first-order valence-corrected chi connectivity index (χ1v) is 7.00. The predicted molar refractivity (Wildman–Crippen MR) is 82.3 cm³/mol. The largest absolute Gasteiger partial charge is 0.370 e. The van der Waals surface area contributed by atoms with E-state index in [0.717, 1.165) is 26.1 Å². The average Bonchev–Trinajstić information content (AvgIpc) is 2.43. The van der Waals surface area contributed by atoms with Gasteiger partial charge in [0.1, 0.15) is 0 Å². The number of guanidine groups is 1. The van der Waals surface area contributed by atoms with E-state index in [2.05, 4.69) is 48.0 Å². The molecular weight excluding hydrogens is 236 g/mol. The molecule has 0 bridgehead atoms. The third-order valence-corrected chi connectivity index (χ3v) is 3.45. The maximum atomic E-state index is 5.44. The van der Waals surface area contributed by atoms with E-state index in [4.69, 9.17) is 11.5 Å². The van der Waals surface area contributed by atoms with E-state index in [9.17, 15) is 0 Å². The lowest BCUT2D eigenvalue weighted by Gasteiger charge is -2.22. The van der Waals surface area contributed by atoms with Crippen molar-refractivity contribution in [1.82, 2.24) is 4.90 Å². The van der Waals surface area contributed by atoms with Crippen LogP contribution in [0.4, 0.5) is 0 Å². The van der Waals surface area contributed by atoms with Gasteiger partial charge in [0, 0.05) is 12.5 Å². The third-order valence-electron chi connectivity index (χ3n) is 3.45. The number of nitrogens with two attached hydrogens (primary N) is 2. The van der Waals surface area contributed by atoms with Crippen molar-refractivity contribution in [2.75, 3.05) is 26.2 Å². The second-order valence-electron chi connectivity index (χ2n) is 4.69. The van der Waals surface area contributed by atoms with Gasteiger partial charge in [-0.3, -0.25) is 4.99 Å². The Balaban J connectivity index is 2.67. The Morgan fingerprint density at radius 2 is 1.79 bits per heavy atom. The Bertz CT molecular complexity index is 367.